The van der Waals surface area contributed by atoms with Gasteiger partial charge in [0, 0.05) is 16.5 Å². The molecule has 1 aliphatic carbocycles. The summed E-state index contributed by atoms with van der Waals surface area (Å²) < 4.78 is 6.37. The molecule has 1 aromatic heterocycles. The van der Waals surface area contributed by atoms with Gasteiger partial charge in [0.2, 0.25) is 0 Å². The van der Waals surface area contributed by atoms with Crippen LogP contribution in [0.2, 0.25) is 0 Å². The van der Waals surface area contributed by atoms with Gasteiger partial charge in [0.1, 0.15) is 11.3 Å². The maximum atomic E-state index is 6.37. The smallest absolute Gasteiger partial charge is 0.138 e. The van der Waals surface area contributed by atoms with Crippen molar-refractivity contribution in [3.63, 3.8) is 0 Å². The predicted molar refractivity (Wildman–Crippen MR) is 126 cm³/mol. The molecule has 0 fully saturated rings. The summed E-state index contributed by atoms with van der Waals surface area (Å²) in [5.41, 5.74) is 8.61. The molecule has 30 heavy (non-hydrogen) atoms. The van der Waals surface area contributed by atoms with Gasteiger partial charge < -0.3 is 4.42 Å². The highest BCUT2D eigenvalue weighted by atomic mass is 16.3. The normalized spacial score (nSPS) is 13.4. The van der Waals surface area contributed by atoms with Crippen molar-refractivity contribution >= 4 is 27.3 Å². The number of benzene rings is 4. The first-order valence-corrected chi connectivity index (χ1v) is 10.6. The quantitative estimate of drug-likeness (QED) is 0.300. The monoisotopic (exact) mass is 386 g/mol. The largest absolute Gasteiger partial charge is 0.456 e. The number of hydrogen-bond acceptors (Lipinski definition) is 1. The Labute approximate surface area is 176 Å². The van der Waals surface area contributed by atoms with Crippen LogP contribution < -0.4 is 0 Å². The van der Waals surface area contributed by atoms with Crippen LogP contribution in [0.1, 0.15) is 28.9 Å². The Morgan fingerprint density at radius 2 is 1.33 bits per heavy atom. The minimum absolute atomic E-state index is 0.982. The summed E-state index contributed by atoms with van der Waals surface area (Å²) in [7, 11) is 0. The molecule has 5 aromatic rings. The van der Waals surface area contributed by atoms with Crippen molar-refractivity contribution in [3.05, 3.63) is 113 Å². The van der Waals surface area contributed by atoms with Crippen LogP contribution in [0.15, 0.2) is 95.4 Å². The van der Waals surface area contributed by atoms with E-state index < -0.39 is 0 Å². The first-order valence-electron chi connectivity index (χ1n) is 10.6. The molecular weight excluding hydrogens is 364 g/mol. The van der Waals surface area contributed by atoms with Crippen LogP contribution >= 0.6 is 0 Å². The fourth-order valence-corrected chi connectivity index (χ4v) is 4.77. The van der Waals surface area contributed by atoms with Gasteiger partial charge in [-0.2, -0.15) is 0 Å². The summed E-state index contributed by atoms with van der Waals surface area (Å²) >= 11 is 0. The summed E-state index contributed by atoms with van der Waals surface area (Å²) in [6, 6.07) is 30.5. The number of furan rings is 1. The molecule has 0 saturated heterocycles. The van der Waals surface area contributed by atoms with Gasteiger partial charge in [0.05, 0.1) is 0 Å². The number of allylic oxidation sites excluding steroid dienone is 1. The number of rotatable bonds is 2. The molecule has 0 unspecified atom stereocenters. The highest BCUT2D eigenvalue weighted by Crippen LogP contribution is 2.41. The van der Waals surface area contributed by atoms with Gasteiger partial charge in [-0.05, 0) is 53.3 Å². The van der Waals surface area contributed by atoms with Crippen molar-refractivity contribution in [3.8, 4) is 11.1 Å². The SMILES string of the molecule is Cc1ccc(-c2ccc(C3=CCCc4c3oc3ccccc43)c3ccccc23)cc1. The Morgan fingerprint density at radius 3 is 2.13 bits per heavy atom. The van der Waals surface area contributed by atoms with Crippen LogP contribution in [0.3, 0.4) is 0 Å². The zero-order chi connectivity index (χ0) is 20.1. The van der Waals surface area contributed by atoms with E-state index in [4.69, 9.17) is 4.42 Å². The lowest BCUT2D eigenvalue weighted by molar-refractivity contribution is 0.591. The van der Waals surface area contributed by atoms with Crippen LogP contribution in [0.25, 0.3) is 38.4 Å². The molecule has 0 N–H and O–H groups in total. The molecule has 1 nitrogen and oxygen atoms in total. The topological polar surface area (TPSA) is 13.1 Å². The second-order valence-electron chi connectivity index (χ2n) is 8.13. The molecular formula is C29H22O. The predicted octanol–water partition coefficient (Wildman–Crippen LogP) is 7.94. The molecule has 0 spiro atoms. The summed E-state index contributed by atoms with van der Waals surface area (Å²) in [5.74, 6) is 1.04. The van der Waals surface area contributed by atoms with Crippen LogP contribution in [-0.4, -0.2) is 0 Å². The van der Waals surface area contributed by atoms with Gasteiger partial charge in [-0.15, -0.1) is 0 Å². The van der Waals surface area contributed by atoms with E-state index in [1.807, 2.05) is 6.07 Å². The molecule has 0 bridgehead atoms. The molecule has 6 rings (SSSR count). The van der Waals surface area contributed by atoms with Gasteiger partial charge in [-0.1, -0.05) is 90.5 Å². The zero-order valence-electron chi connectivity index (χ0n) is 17.0. The van der Waals surface area contributed by atoms with Gasteiger partial charge in [-0.3, -0.25) is 0 Å². The van der Waals surface area contributed by atoms with Crippen molar-refractivity contribution in [2.75, 3.05) is 0 Å². The van der Waals surface area contributed by atoms with Crippen molar-refractivity contribution in [2.24, 2.45) is 0 Å². The van der Waals surface area contributed by atoms with Crippen molar-refractivity contribution < 1.29 is 4.42 Å². The van der Waals surface area contributed by atoms with E-state index in [0.29, 0.717) is 0 Å². The molecule has 4 aromatic carbocycles. The third kappa shape index (κ3) is 2.63. The molecule has 0 atom stereocenters. The molecule has 144 valence electrons. The van der Waals surface area contributed by atoms with E-state index in [1.165, 1.54) is 49.5 Å². The fraction of sp³-hybridized carbons (Fsp3) is 0.103. The van der Waals surface area contributed by atoms with Crippen molar-refractivity contribution in [1.29, 1.82) is 0 Å². The van der Waals surface area contributed by atoms with E-state index in [9.17, 15) is 0 Å². The highest BCUT2D eigenvalue weighted by Gasteiger charge is 2.23. The summed E-state index contributed by atoms with van der Waals surface area (Å²) in [5, 5.41) is 3.80. The number of hydrogen-bond donors (Lipinski definition) is 0. The fourth-order valence-electron chi connectivity index (χ4n) is 4.77. The molecule has 0 saturated carbocycles. The molecule has 1 aliphatic rings. The number of fused-ring (bicyclic) bond motifs is 4. The van der Waals surface area contributed by atoms with Crippen molar-refractivity contribution in [2.45, 2.75) is 19.8 Å². The number of aryl methyl sites for hydroxylation is 2. The van der Waals surface area contributed by atoms with E-state index >= 15 is 0 Å². The summed E-state index contributed by atoms with van der Waals surface area (Å²) in [6.45, 7) is 2.13. The van der Waals surface area contributed by atoms with Crippen LogP contribution in [0, 0.1) is 6.92 Å². The second kappa shape index (κ2) is 6.74. The molecule has 1 heterocycles. The Morgan fingerprint density at radius 1 is 0.667 bits per heavy atom. The Bertz CT molecular complexity index is 1430. The van der Waals surface area contributed by atoms with Gasteiger partial charge in [0.15, 0.2) is 0 Å². The molecule has 0 amide bonds. The lowest BCUT2D eigenvalue weighted by atomic mass is 9.87. The third-order valence-electron chi connectivity index (χ3n) is 6.26. The third-order valence-corrected chi connectivity index (χ3v) is 6.26. The Kier molecular flexibility index (Phi) is 3.89. The minimum atomic E-state index is 0.982. The van der Waals surface area contributed by atoms with E-state index in [-0.39, 0.29) is 0 Å². The van der Waals surface area contributed by atoms with E-state index in [2.05, 4.69) is 91.9 Å². The van der Waals surface area contributed by atoms with Gasteiger partial charge >= 0.3 is 0 Å². The van der Waals surface area contributed by atoms with E-state index in [1.54, 1.807) is 0 Å². The summed E-state index contributed by atoms with van der Waals surface area (Å²) in [6.07, 6.45) is 4.42. The van der Waals surface area contributed by atoms with Gasteiger partial charge in [0.25, 0.3) is 0 Å². The minimum Gasteiger partial charge on any atom is -0.456 e. The first kappa shape index (κ1) is 17.3. The lowest BCUT2D eigenvalue weighted by Gasteiger charge is -2.17. The Balaban J connectivity index is 1.58. The molecule has 0 aliphatic heterocycles. The molecule has 1 heteroatoms. The van der Waals surface area contributed by atoms with E-state index in [0.717, 1.165) is 24.2 Å². The van der Waals surface area contributed by atoms with Crippen molar-refractivity contribution in [1.82, 2.24) is 0 Å². The maximum Gasteiger partial charge on any atom is 0.138 e. The number of para-hydroxylation sites is 1. The first-order chi connectivity index (χ1) is 14.8. The second-order valence-corrected chi connectivity index (χ2v) is 8.13. The van der Waals surface area contributed by atoms with Crippen LogP contribution in [0.4, 0.5) is 0 Å². The lowest BCUT2D eigenvalue weighted by Crippen LogP contribution is -1.99. The molecule has 0 radical (unpaired) electrons. The summed E-state index contributed by atoms with van der Waals surface area (Å²) in [4.78, 5) is 0. The maximum absolute atomic E-state index is 6.37. The average Bonchev–Trinajstić information content (AvgIpc) is 3.18. The standard InChI is InChI=1S/C29H22O/c1-19-13-15-20(16-14-19)21-17-18-24(23-8-3-2-7-22(21)23)26-10-6-11-27-25-9-4-5-12-28(25)30-29(26)27/h2-5,7-10,12-18H,6,11H2,1H3. The highest BCUT2D eigenvalue weighted by molar-refractivity contribution is 6.05. The average molecular weight is 386 g/mol. The van der Waals surface area contributed by atoms with Gasteiger partial charge in [-0.25, -0.2) is 0 Å². The Hall–Kier alpha value is -3.58. The van der Waals surface area contributed by atoms with Crippen LogP contribution in [0.5, 0.6) is 0 Å². The zero-order valence-corrected chi connectivity index (χ0v) is 17.0. The van der Waals surface area contributed by atoms with Crippen LogP contribution in [-0.2, 0) is 6.42 Å².